The number of piperidine rings is 1. The van der Waals surface area contributed by atoms with Gasteiger partial charge in [0.1, 0.15) is 5.54 Å². The van der Waals surface area contributed by atoms with E-state index >= 15 is 0 Å². The molecule has 0 spiro atoms. The Hall–Kier alpha value is -3.86. The van der Waals surface area contributed by atoms with Crippen LogP contribution in [0.3, 0.4) is 0 Å². The molecule has 0 aliphatic carbocycles. The third-order valence-corrected chi connectivity index (χ3v) is 9.04. The molecule has 1 aromatic carbocycles. The standard InChI is InChI=1S/C26H30N8O4S/c1-2-39(37,38)33-17-26(18-33,10-11-27)34-16-20(15-29-34)23-7-12-28-25(31-23)30-21-5-3-19(4-6-21)24(36)32-13-8-22(35)9-14-32/h3-7,12,15-16,22,35H,2,8-10,13-14,17-18H2,1H3,(H,28,30,31). The fraction of sp³-hybridized carbons (Fsp3) is 0.423. The minimum Gasteiger partial charge on any atom is -0.393 e. The Labute approximate surface area is 227 Å². The first-order valence-electron chi connectivity index (χ1n) is 12.8. The van der Waals surface area contributed by atoms with Gasteiger partial charge in [0.05, 0.1) is 36.2 Å². The van der Waals surface area contributed by atoms with Crippen LogP contribution in [-0.4, -0.2) is 86.4 Å². The van der Waals surface area contributed by atoms with Crippen LogP contribution in [0.25, 0.3) is 11.3 Å². The lowest BCUT2D eigenvalue weighted by Crippen LogP contribution is -2.64. The van der Waals surface area contributed by atoms with Crippen molar-refractivity contribution in [3.8, 4) is 17.3 Å². The van der Waals surface area contributed by atoms with Crippen LogP contribution in [-0.2, 0) is 15.6 Å². The summed E-state index contributed by atoms with van der Waals surface area (Å²) in [5.74, 6) is 0.318. The SMILES string of the molecule is CCS(=O)(=O)N1CC(CC#N)(n2cc(-c3ccnc(Nc4ccc(C(=O)N5CCC(O)CC5)cc4)n3)cn2)C1. The molecule has 1 amide bonds. The first kappa shape index (κ1) is 26.7. The molecule has 2 fully saturated rings. The van der Waals surface area contributed by atoms with Crippen LogP contribution in [0.4, 0.5) is 11.6 Å². The minimum absolute atomic E-state index is 0.0131. The molecule has 5 rings (SSSR count). The number of nitrogens with one attached hydrogen (secondary N) is 1. The number of aliphatic hydroxyl groups excluding tert-OH is 1. The summed E-state index contributed by atoms with van der Waals surface area (Å²) < 4.78 is 27.5. The first-order chi connectivity index (χ1) is 18.7. The molecule has 2 N–H and O–H groups in total. The highest BCUT2D eigenvalue weighted by Gasteiger charge is 2.49. The van der Waals surface area contributed by atoms with Crippen molar-refractivity contribution in [1.82, 2.24) is 29.0 Å². The van der Waals surface area contributed by atoms with Crippen molar-refractivity contribution in [3.63, 3.8) is 0 Å². The molecule has 3 aromatic rings. The van der Waals surface area contributed by atoms with E-state index in [1.54, 1.807) is 65.4 Å². The van der Waals surface area contributed by atoms with E-state index in [9.17, 15) is 23.6 Å². The summed E-state index contributed by atoms with van der Waals surface area (Å²) in [6, 6.07) is 11.0. The number of aliphatic hydroxyl groups is 1. The number of carbonyl (C=O) groups is 1. The fourth-order valence-electron chi connectivity index (χ4n) is 4.85. The minimum atomic E-state index is -3.33. The maximum atomic E-state index is 12.7. The number of rotatable bonds is 8. The van der Waals surface area contributed by atoms with Gasteiger partial charge in [-0.15, -0.1) is 0 Å². The number of aromatic nitrogens is 4. The van der Waals surface area contributed by atoms with Gasteiger partial charge >= 0.3 is 0 Å². The molecular weight excluding hydrogens is 520 g/mol. The second-order valence-electron chi connectivity index (χ2n) is 9.89. The second-order valence-corrected chi connectivity index (χ2v) is 12.2. The van der Waals surface area contributed by atoms with Crippen LogP contribution in [0.2, 0.25) is 0 Å². The number of likely N-dealkylation sites (tertiary alicyclic amines) is 1. The van der Waals surface area contributed by atoms with E-state index in [-0.39, 0.29) is 37.3 Å². The topological polar surface area (TPSA) is 157 Å². The molecule has 2 aromatic heterocycles. The van der Waals surface area contributed by atoms with E-state index in [2.05, 4.69) is 26.5 Å². The van der Waals surface area contributed by atoms with Gasteiger partial charge in [0.25, 0.3) is 5.91 Å². The average molecular weight is 551 g/mol. The zero-order chi connectivity index (χ0) is 27.6. The predicted molar refractivity (Wildman–Crippen MR) is 143 cm³/mol. The molecule has 2 saturated heterocycles. The molecule has 2 aliphatic heterocycles. The monoisotopic (exact) mass is 550 g/mol. The second kappa shape index (κ2) is 10.7. The highest BCUT2D eigenvalue weighted by Crippen LogP contribution is 2.35. The molecule has 2 aliphatic rings. The molecule has 13 heteroatoms. The van der Waals surface area contributed by atoms with Crippen molar-refractivity contribution in [2.45, 2.75) is 37.8 Å². The summed E-state index contributed by atoms with van der Waals surface area (Å²) in [6.45, 7) is 3.10. The van der Waals surface area contributed by atoms with E-state index in [4.69, 9.17) is 0 Å². The van der Waals surface area contributed by atoms with E-state index < -0.39 is 15.6 Å². The van der Waals surface area contributed by atoms with Gasteiger partial charge in [-0.3, -0.25) is 9.48 Å². The number of amides is 1. The van der Waals surface area contributed by atoms with Crippen molar-refractivity contribution in [2.24, 2.45) is 0 Å². The lowest BCUT2D eigenvalue weighted by Gasteiger charge is -2.47. The lowest BCUT2D eigenvalue weighted by atomic mass is 9.89. The van der Waals surface area contributed by atoms with E-state index in [1.807, 2.05) is 0 Å². The smallest absolute Gasteiger partial charge is 0.253 e. The third kappa shape index (κ3) is 5.49. The largest absolute Gasteiger partial charge is 0.393 e. The van der Waals surface area contributed by atoms with Gasteiger partial charge in [0.15, 0.2) is 0 Å². The van der Waals surface area contributed by atoms with Gasteiger partial charge in [0.2, 0.25) is 16.0 Å². The van der Waals surface area contributed by atoms with Gasteiger partial charge < -0.3 is 15.3 Å². The lowest BCUT2D eigenvalue weighted by molar-refractivity contribution is 0.0546. The normalized spacial score (nSPS) is 17.8. The van der Waals surface area contributed by atoms with Crippen LogP contribution in [0, 0.1) is 11.3 Å². The van der Waals surface area contributed by atoms with Gasteiger partial charge in [-0.05, 0) is 50.1 Å². The Balaban J connectivity index is 1.27. The number of nitriles is 1. The number of carbonyl (C=O) groups excluding carboxylic acids is 1. The number of hydrogen-bond donors (Lipinski definition) is 2. The maximum absolute atomic E-state index is 12.7. The predicted octanol–water partition coefficient (Wildman–Crippen LogP) is 1.95. The Kier molecular flexibility index (Phi) is 7.35. The molecule has 0 saturated carbocycles. The van der Waals surface area contributed by atoms with E-state index in [0.717, 1.165) is 0 Å². The summed E-state index contributed by atoms with van der Waals surface area (Å²) in [5, 5.41) is 26.6. The van der Waals surface area contributed by atoms with Gasteiger partial charge in [-0.2, -0.15) is 14.7 Å². The Bertz CT molecular complexity index is 1480. The van der Waals surface area contributed by atoms with E-state index in [1.165, 1.54) is 4.31 Å². The molecule has 0 radical (unpaired) electrons. The van der Waals surface area contributed by atoms with Crippen LogP contribution < -0.4 is 5.32 Å². The van der Waals surface area contributed by atoms with Crippen molar-refractivity contribution in [1.29, 1.82) is 5.26 Å². The van der Waals surface area contributed by atoms with E-state index in [0.29, 0.717) is 54.4 Å². The first-order valence-corrected chi connectivity index (χ1v) is 14.4. The number of anilines is 2. The highest BCUT2D eigenvalue weighted by molar-refractivity contribution is 7.89. The Morgan fingerprint density at radius 1 is 1.21 bits per heavy atom. The number of nitrogens with zero attached hydrogens (tertiary/aromatic N) is 7. The van der Waals surface area contributed by atoms with Crippen LogP contribution in [0.5, 0.6) is 0 Å². The fourth-order valence-corrected chi connectivity index (χ4v) is 6.08. The maximum Gasteiger partial charge on any atom is 0.253 e. The highest BCUT2D eigenvalue weighted by atomic mass is 32.2. The van der Waals surface area contributed by atoms with Crippen molar-refractivity contribution in [3.05, 3.63) is 54.5 Å². The summed E-state index contributed by atoms with van der Waals surface area (Å²) in [4.78, 5) is 23.4. The molecule has 0 unspecified atom stereocenters. The molecule has 4 heterocycles. The summed E-state index contributed by atoms with van der Waals surface area (Å²) in [6.07, 6.45) is 6.03. The Morgan fingerprint density at radius 3 is 2.59 bits per heavy atom. The third-order valence-electron chi connectivity index (χ3n) is 7.27. The van der Waals surface area contributed by atoms with Crippen molar-refractivity contribution >= 4 is 27.6 Å². The van der Waals surface area contributed by atoms with Crippen molar-refractivity contribution < 1.29 is 18.3 Å². The van der Waals surface area contributed by atoms with Crippen LogP contribution in [0.15, 0.2) is 48.9 Å². The summed E-state index contributed by atoms with van der Waals surface area (Å²) in [5.41, 5.74) is 1.90. The molecule has 12 nitrogen and oxygen atoms in total. The van der Waals surface area contributed by atoms with Gasteiger partial charge in [-0.25, -0.2) is 18.4 Å². The molecule has 0 atom stereocenters. The summed E-state index contributed by atoms with van der Waals surface area (Å²) in [7, 11) is -3.33. The van der Waals surface area contributed by atoms with Crippen molar-refractivity contribution in [2.75, 3.05) is 37.2 Å². The zero-order valence-electron chi connectivity index (χ0n) is 21.6. The average Bonchev–Trinajstić information content (AvgIpc) is 3.42. The quantitative estimate of drug-likeness (QED) is 0.428. The van der Waals surface area contributed by atoms with Gasteiger partial charge in [-0.1, -0.05) is 0 Å². The zero-order valence-corrected chi connectivity index (χ0v) is 22.4. The van der Waals surface area contributed by atoms with Crippen LogP contribution >= 0.6 is 0 Å². The van der Waals surface area contributed by atoms with Gasteiger partial charge in [0, 0.05) is 55.4 Å². The Morgan fingerprint density at radius 2 is 1.92 bits per heavy atom. The molecule has 204 valence electrons. The summed E-state index contributed by atoms with van der Waals surface area (Å²) >= 11 is 0. The number of benzene rings is 1. The number of hydrogen-bond acceptors (Lipinski definition) is 9. The molecular formula is C26H30N8O4S. The number of sulfonamides is 1. The van der Waals surface area contributed by atoms with Crippen LogP contribution in [0.1, 0.15) is 36.5 Å². The molecule has 39 heavy (non-hydrogen) atoms. The molecule has 0 bridgehead atoms.